The summed E-state index contributed by atoms with van der Waals surface area (Å²) < 4.78 is 7.75. The van der Waals surface area contributed by atoms with Crippen molar-refractivity contribution in [2.45, 2.75) is 19.4 Å². The Morgan fingerprint density at radius 2 is 1.53 bits per heavy atom. The first-order valence-corrected chi connectivity index (χ1v) is 7.41. The zero-order valence-electron chi connectivity index (χ0n) is 10.7. The van der Waals surface area contributed by atoms with E-state index in [-0.39, 0.29) is 0 Å². The van der Waals surface area contributed by atoms with Crippen LogP contribution in [-0.2, 0) is 5.60 Å². The molecule has 4 heteroatoms. The highest BCUT2D eigenvalue weighted by Crippen LogP contribution is 2.35. The highest BCUT2D eigenvalue weighted by Gasteiger charge is 2.21. The van der Waals surface area contributed by atoms with E-state index in [1.807, 2.05) is 42.5 Å². The summed E-state index contributed by atoms with van der Waals surface area (Å²) in [5.41, 5.74) is -0.223. The second-order valence-corrected chi connectivity index (χ2v) is 6.59. The Morgan fingerprint density at radius 1 is 0.947 bits per heavy atom. The second-order valence-electron chi connectivity index (χ2n) is 4.76. The van der Waals surface area contributed by atoms with Crippen LogP contribution in [0.5, 0.6) is 11.5 Å². The van der Waals surface area contributed by atoms with Crippen molar-refractivity contribution in [2.75, 3.05) is 0 Å². The monoisotopic (exact) mass is 384 g/mol. The van der Waals surface area contributed by atoms with Gasteiger partial charge >= 0.3 is 0 Å². The first-order valence-electron chi connectivity index (χ1n) is 5.82. The average Bonchev–Trinajstić information content (AvgIpc) is 2.33. The van der Waals surface area contributed by atoms with Crippen LogP contribution in [0.1, 0.15) is 19.4 Å². The first kappa shape index (κ1) is 14.6. The first-order chi connectivity index (χ1) is 8.86. The molecular formula is C15H14Br2O2. The van der Waals surface area contributed by atoms with Crippen LogP contribution in [-0.4, -0.2) is 5.11 Å². The number of hydrogen-bond acceptors (Lipinski definition) is 2. The summed E-state index contributed by atoms with van der Waals surface area (Å²) >= 11 is 6.80. The summed E-state index contributed by atoms with van der Waals surface area (Å²) in [5, 5.41) is 10.2. The molecule has 0 spiro atoms. The lowest BCUT2D eigenvalue weighted by Crippen LogP contribution is -2.16. The van der Waals surface area contributed by atoms with Gasteiger partial charge < -0.3 is 9.84 Å². The molecule has 0 fully saturated rings. The second kappa shape index (κ2) is 5.65. The zero-order valence-corrected chi connectivity index (χ0v) is 13.8. The SMILES string of the molecule is CC(C)(O)c1cc(Br)ccc1Oc1ccc(Br)cc1. The molecule has 0 unspecified atom stereocenters. The third kappa shape index (κ3) is 3.81. The van der Waals surface area contributed by atoms with Gasteiger partial charge in [-0.15, -0.1) is 0 Å². The minimum atomic E-state index is -0.964. The molecular weight excluding hydrogens is 372 g/mol. The molecule has 2 nitrogen and oxygen atoms in total. The van der Waals surface area contributed by atoms with Gasteiger partial charge in [-0.1, -0.05) is 31.9 Å². The molecule has 0 saturated heterocycles. The number of halogens is 2. The molecule has 0 heterocycles. The Hall–Kier alpha value is -0.840. The van der Waals surface area contributed by atoms with Crippen molar-refractivity contribution in [1.82, 2.24) is 0 Å². The van der Waals surface area contributed by atoms with E-state index in [0.29, 0.717) is 5.75 Å². The van der Waals surface area contributed by atoms with E-state index < -0.39 is 5.60 Å². The highest BCUT2D eigenvalue weighted by atomic mass is 79.9. The van der Waals surface area contributed by atoms with E-state index in [1.165, 1.54) is 0 Å². The Balaban J connectivity index is 2.37. The standard InChI is InChI=1S/C15H14Br2O2/c1-15(2,18)13-9-11(17)5-8-14(13)19-12-6-3-10(16)4-7-12/h3-9,18H,1-2H3. The van der Waals surface area contributed by atoms with Crippen molar-refractivity contribution in [1.29, 1.82) is 0 Å². The Morgan fingerprint density at radius 3 is 2.11 bits per heavy atom. The minimum Gasteiger partial charge on any atom is -0.457 e. The number of rotatable bonds is 3. The van der Waals surface area contributed by atoms with Gasteiger partial charge in [0.2, 0.25) is 0 Å². The summed E-state index contributed by atoms with van der Waals surface area (Å²) in [7, 11) is 0. The largest absolute Gasteiger partial charge is 0.457 e. The molecule has 0 radical (unpaired) electrons. The van der Waals surface area contributed by atoms with Gasteiger partial charge in [-0.2, -0.15) is 0 Å². The van der Waals surface area contributed by atoms with Crippen molar-refractivity contribution in [3.8, 4) is 11.5 Å². The molecule has 2 aromatic carbocycles. The lowest BCUT2D eigenvalue weighted by Gasteiger charge is -2.22. The van der Waals surface area contributed by atoms with Gasteiger partial charge in [-0.25, -0.2) is 0 Å². The van der Waals surface area contributed by atoms with E-state index in [0.717, 1.165) is 20.3 Å². The number of hydrogen-bond donors (Lipinski definition) is 1. The van der Waals surface area contributed by atoms with Crippen molar-refractivity contribution in [2.24, 2.45) is 0 Å². The van der Waals surface area contributed by atoms with Crippen LogP contribution in [0.2, 0.25) is 0 Å². The predicted molar refractivity (Wildman–Crippen MR) is 83.6 cm³/mol. The molecule has 0 amide bonds. The molecule has 0 aliphatic heterocycles. The van der Waals surface area contributed by atoms with Gasteiger partial charge in [0.1, 0.15) is 11.5 Å². The third-order valence-corrected chi connectivity index (χ3v) is 3.66. The fourth-order valence-electron chi connectivity index (χ4n) is 1.70. The quantitative estimate of drug-likeness (QED) is 0.783. The van der Waals surface area contributed by atoms with Crippen LogP contribution in [0.25, 0.3) is 0 Å². The van der Waals surface area contributed by atoms with Crippen molar-refractivity contribution >= 4 is 31.9 Å². The topological polar surface area (TPSA) is 29.5 Å². The molecule has 0 aromatic heterocycles. The minimum absolute atomic E-state index is 0.651. The number of ether oxygens (including phenoxy) is 1. The van der Waals surface area contributed by atoms with E-state index in [4.69, 9.17) is 4.74 Å². The molecule has 100 valence electrons. The normalized spacial score (nSPS) is 11.4. The van der Waals surface area contributed by atoms with Crippen LogP contribution in [0.15, 0.2) is 51.4 Å². The number of aliphatic hydroxyl groups is 1. The summed E-state index contributed by atoms with van der Waals surface area (Å²) in [6.07, 6.45) is 0. The Kier molecular flexibility index (Phi) is 4.33. The summed E-state index contributed by atoms with van der Waals surface area (Å²) in [6.45, 7) is 3.48. The van der Waals surface area contributed by atoms with E-state index in [2.05, 4.69) is 31.9 Å². The predicted octanol–water partition coefficient (Wildman–Crippen LogP) is 5.23. The Bertz CT molecular complexity index is 572. The van der Waals surface area contributed by atoms with E-state index in [9.17, 15) is 5.11 Å². The molecule has 0 bridgehead atoms. The summed E-state index contributed by atoms with van der Waals surface area (Å²) in [6, 6.07) is 13.2. The van der Waals surface area contributed by atoms with Crippen molar-refractivity contribution in [3.63, 3.8) is 0 Å². The van der Waals surface area contributed by atoms with Crippen LogP contribution in [0, 0.1) is 0 Å². The molecule has 0 saturated carbocycles. The van der Waals surface area contributed by atoms with Gasteiger partial charge in [-0.05, 0) is 56.3 Å². The van der Waals surface area contributed by atoms with Gasteiger partial charge in [0.05, 0.1) is 5.60 Å². The van der Waals surface area contributed by atoms with Crippen molar-refractivity contribution in [3.05, 3.63) is 57.0 Å². The average molecular weight is 386 g/mol. The fourth-order valence-corrected chi connectivity index (χ4v) is 2.32. The third-order valence-electron chi connectivity index (χ3n) is 2.64. The maximum Gasteiger partial charge on any atom is 0.133 e. The van der Waals surface area contributed by atoms with Crippen LogP contribution >= 0.6 is 31.9 Å². The molecule has 19 heavy (non-hydrogen) atoms. The molecule has 0 aliphatic rings. The molecule has 0 atom stereocenters. The Labute approximate surface area is 129 Å². The molecule has 2 rings (SSSR count). The van der Waals surface area contributed by atoms with E-state index in [1.54, 1.807) is 13.8 Å². The highest BCUT2D eigenvalue weighted by molar-refractivity contribution is 9.10. The van der Waals surface area contributed by atoms with Gasteiger partial charge in [0, 0.05) is 14.5 Å². The summed E-state index contributed by atoms with van der Waals surface area (Å²) in [5.74, 6) is 1.38. The smallest absolute Gasteiger partial charge is 0.133 e. The zero-order chi connectivity index (χ0) is 14.0. The van der Waals surface area contributed by atoms with Crippen molar-refractivity contribution < 1.29 is 9.84 Å². The maximum absolute atomic E-state index is 10.2. The van der Waals surface area contributed by atoms with E-state index >= 15 is 0 Å². The van der Waals surface area contributed by atoms with Gasteiger partial charge in [0.25, 0.3) is 0 Å². The van der Waals surface area contributed by atoms with Crippen LogP contribution < -0.4 is 4.74 Å². The molecule has 2 aromatic rings. The van der Waals surface area contributed by atoms with Crippen LogP contribution in [0.4, 0.5) is 0 Å². The molecule has 0 aliphatic carbocycles. The lowest BCUT2D eigenvalue weighted by atomic mass is 9.97. The maximum atomic E-state index is 10.2. The van der Waals surface area contributed by atoms with Crippen LogP contribution in [0.3, 0.4) is 0 Å². The fraction of sp³-hybridized carbons (Fsp3) is 0.200. The summed E-state index contributed by atoms with van der Waals surface area (Å²) in [4.78, 5) is 0. The van der Waals surface area contributed by atoms with Gasteiger partial charge in [-0.3, -0.25) is 0 Å². The molecule has 1 N–H and O–H groups in total. The number of benzene rings is 2. The van der Waals surface area contributed by atoms with Gasteiger partial charge in [0.15, 0.2) is 0 Å². The lowest BCUT2D eigenvalue weighted by molar-refractivity contribution is 0.0762.